The fourth-order valence-electron chi connectivity index (χ4n) is 1.22. The van der Waals surface area contributed by atoms with E-state index in [1.54, 1.807) is 0 Å². The van der Waals surface area contributed by atoms with Crippen molar-refractivity contribution in [3.05, 3.63) is 34.9 Å². The van der Waals surface area contributed by atoms with E-state index in [1.165, 1.54) is 0 Å². The van der Waals surface area contributed by atoms with Crippen LogP contribution in [0.4, 0.5) is 13.2 Å². The summed E-state index contributed by atoms with van der Waals surface area (Å²) in [5.41, 5.74) is -2.27. The largest absolute Gasteiger partial charge is 0.478 e. The Balaban J connectivity index is 3.37. The highest BCUT2D eigenvalue weighted by molar-refractivity contribution is 9.09. The minimum absolute atomic E-state index is 0.0766. The zero-order valence-electron chi connectivity index (χ0n) is 8.21. The maximum Gasteiger partial charge on any atom is 0.417 e. The Morgan fingerprint density at radius 1 is 1.29 bits per heavy atom. The first-order valence-electron chi connectivity index (χ1n) is 4.31. The number of hydrogen-bond acceptors (Lipinski definition) is 2. The molecule has 17 heavy (non-hydrogen) atoms. The molecule has 0 radical (unpaired) electrons. The second kappa shape index (κ2) is 4.87. The second-order valence-corrected chi connectivity index (χ2v) is 3.68. The number of carbonyl (C=O) groups excluding carboxylic acids is 1. The maximum absolute atomic E-state index is 12.5. The summed E-state index contributed by atoms with van der Waals surface area (Å²) in [6.45, 7) is 0. The summed E-state index contributed by atoms with van der Waals surface area (Å²) in [5.74, 6) is -2.21. The lowest BCUT2D eigenvalue weighted by Gasteiger charge is -2.10. The highest BCUT2D eigenvalue weighted by Crippen LogP contribution is 2.32. The third-order valence-electron chi connectivity index (χ3n) is 2.00. The first kappa shape index (κ1) is 13.7. The minimum atomic E-state index is -4.76. The van der Waals surface area contributed by atoms with Gasteiger partial charge in [-0.25, -0.2) is 4.79 Å². The topological polar surface area (TPSA) is 54.4 Å². The van der Waals surface area contributed by atoms with Crippen molar-refractivity contribution in [1.29, 1.82) is 0 Å². The van der Waals surface area contributed by atoms with Gasteiger partial charge in [0.05, 0.1) is 16.5 Å². The Labute approximate surface area is 102 Å². The van der Waals surface area contributed by atoms with Crippen LogP contribution in [0.2, 0.25) is 0 Å². The van der Waals surface area contributed by atoms with Gasteiger partial charge in [-0.1, -0.05) is 22.0 Å². The van der Waals surface area contributed by atoms with Crippen molar-refractivity contribution in [3.63, 3.8) is 0 Å². The van der Waals surface area contributed by atoms with E-state index < -0.39 is 29.1 Å². The van der Waals surface area contributed by atoms with Gasteiger partial charge in [0.2, 0.25) is 0 Å². The minimum Gasteiger partial charge on any atom is -0.478 e. The number of Topliss-reactive ketones (excluding diaryl/α,β-unsaturated/α-hetero) is 1. The summed E-state index contributed by atoms with van der Waals surface area (Å²) in [5, 5.41) is 8.60. The van der Waals surface area contributed by atoms with Gasteiger partial charge in [-0.2, -0.15) is 13.2 Å². The molecule has 1 aromatic carbocycles. The van der Waals surface area contributed by atoms with Crippen molar-refractivity contribution >= 4 is 27.7 Å². The molecule has 7 heteroatoms. The van der Waals surface area contributed by atoms with Gasteiger partial charge in [-0.05, 0) is 12.1 Å². The number of halogens is 4. The van der Waals surface area contributed by atoms with Crippen molar-refractivity contribution in [3.8, 4) is 0 Å². The molecule has 0 aliphatic carbocycles. The fourth-order valence-corrected chi connectivity index (χ4v) is 1.54. The number of carbonyl (C=O) groups is 2. The van der Waals surface area contributed by atoms with Crippen LogP contribution in [0.15, 0.2) is 18.2 Å². The zero-order valence-corrected chi connectivity index (χ0v) is 9.80. The average molecular weight is 311 g/mol. The van der Waals surface area contributed by atoms with Crippen LogP contribution in [-0.4, -0.2) is 22.2 Å². The SMILES string of the molecule is O=C(CBr)c1ccc(C(F)(F)F)c(C(=O)O)c1. The lowest BCUT2D eigenvalue weighted by molar-refractivity contribution is -0.138. The molecule has 0 unspecified atom stereocenters. The van der Waals surface area contributed by atoms with E-state index in [2.05, 4.69) is 15.9 Å². The molecule has 0 heterocycles. The van der Waals surface area contributed by atoms with E-state index in [9.17, 15) is 22.8 Å². The highest BCUT2D eigenvalue weighted by atomic mass is 79.9. The lowest BCUT2D eigenvalue weighted by atomic mass is 10.0. The van der Waals surface area contributed by atoms with Gasteiger partial charge in [0.25, 0.3) is 0 Å². The van der Waals surface area contributed by atoms with E-state index in [1.807, 2.05) is 0 Å². The third-order valence-corrected chi connectivity index (χ3v) is 2.51. The lowest BCUT2D eigenvalue weighted by Crippen LogP contribution is -2.14. The summed E-state index contributed by atoms with van der Waals surface area (Å²) in [6, 6.07) is 2.28. The third kappa shape index (κ3) is 3.06. The second-order valence-electron chi connectivity index (χ2n) is 3.12. The van der Waals surface area contributed by atoms with Gasteiger partial charge in [0.15, 0.2) is 5.78 Å². The quantitative estimate of drug-likeness (QED) is 0.690. The van der Waals surface area contributed by atoms with Gasteiger partial charge in [-0.15, -0.1) is 0 Å². The molecule has 1 N–H and O–H groups in total. The molecular weight excluding hydrogens is 305 g/mol. The van der Waals surface area contributed by atoms with E-state index in [0.29, 0.717) is 6.07 Å². The summed E-state index contributed by atoms with van der Waals surface area (Å²) in [7, 11) is 0. The number of carboxylic acids is 1. The Morgan fingerprint density at radius 3 is 2.29 bits per heavy atom. The van der Waals surface area contributed by atoms with Crippen molar-refractivity contribution in [2.75, 3.05) is 5.33 Å². The van der Waals surface area contributed by atoms with Crippen LogP contribution in [0.25, 0.3) is 0 Å². The first-order valence-corrected chi connectivity index (χ1v) is 5.43. The summed E-state index contributed by atoms with van der Waals surface area (Å²) >= 11 is 2.85. The number of ketones is 1. The number of rotatable bonds is 3. The average Bonchev–Trinajstić information content (AvgIpc) is 2.25. The molecule has 0 saturated carbocycles. The van der Waals surface area contributed by atoms with E-state index >= 15 is 0 Å². The van der Waals surface area contributed by atoms with Crippen molar-refractivity contribution in [1.82, 2.24) is 0 Å². The summed E-state index contributed by atoms with van der Waals surface area (Å²) < 4.78 is 37.4. The molecule has 0 fully saturated rings. The van der Waals surface area contributed by atoms with E-state index in [-0.39, 0.29) is 10.9 Å². The van der Waals surface area contributed by atoms with E-state index in [0.717, 1.165) is 12.1 Å². The first-order chi connectivity index (χ1) is 7.77. The number of aromatic carboxylic acids is 1. The van der Waals surface area contributed by atoms with Crippen LogP contribution >= 0.6 is 15.9 Å². The Hall–Kier alpha value is -1.37. The molecule has 0 aliphatic heterocycles. The molecule has 1 aromatic rings. The fraction of sp³-hybridized carbons (Fsp3) is 0.200. The Kier molecular flexibility index (Phi) is 3.92. The van der Waals surface area contributed by atoms with Crippen molar-refractivity contribution in [2.24, 2.45) is 0 Å². The molecule has 0 bridgehead atoms. The number of hydrogen-bond donors (Lipinski definition) is 1. The number of carboxylic acid groups (broad SMARTS) is 1. The molecular formula is C10H6BrF3O3. The molecule has 0 saturated heterocycles. The molecule has 0 amide bonds. The van der Waals surface area contributed by atoms with Crippen LogP contribution < -0.4 is 0 Å². The van der Waals surface area contributed by atoms with Crippen molar-refractivity contribution < 1.29 is 27.9 Å². The van der Waals surface area contributed by atoms with Crippen LogP contribution in [-0.2, 0) is 6.18 Å². The van der Waals surface area contributed by atoms with Crippen LogP contribution in [0, 0.1) is 0 Å². The zero-order chi connectivity index (χ0) is 13.2. The molecule has 92 valence electrons. The molecule has 3 nitrogen and oxygen atoms in total. The maximum atomic E-state index is 12.5. The molecule has 1 rings (SSSR count). The van der Waals surface area contributed by atoms with Gasteiger partial charge < -0.3 is 5.11 Å². The van der Waals surface area contributed by atoms with Crippen LogP contribution in [0.3, 0.4) is 0 Å². The predicted molar refractivity (Wildman–Crippen MR) is 56.5 cm³/mol. The monoisotopic (exact) mass is 310 g/mol. The van der Waals surface area contributed by atoms with Gasteiger partial charge >= 0.3 is 12.1 Å². The van der Waals surface area contributed by atoms with E-state index in [4.69, 9.17) is 5.11 Å². The number of alkyl halides is 4. The normalized spacial score (nSPS) is 11.3. The predicted octanol–water partition coefficient (Wildman–Crippen LogP) is 2.98. The molecule has 0 aromatic heterocycles. The van der Waals surface area contributed by atoms with Gasteiger partial charge in [-0.3, -0.25) is 4.79 Å². The molecule has 0 atom stereocenters. The number of benzene rings is 1. The van der Waals surface area contributed by atoms with Crippen LogP contribution in [0.1, 0.15) is 26.3 Å². The Bertz CT molecular complexity index is 468. The molecule has 0 spiro atoms. The van der Waals surface area contributed by atoms with Gasteiger partial charge in [0, 0.05) is 5.56 Å². The van der Waals surface area contributed by atoms with Crippen molar-refractivity contribution in [2.45, 2.75) is 6.18 Å². The smallest absolute Gasteiger partial charge is 0.417 e. The molecule has 0 aliphatic rings. The highest BCUT2D eigenvalue weighted by Gasteiger charge is 2.35. The standard InChI is InChI=1S/C10H6BrF3O3/c11-4-8(15)5-1-2-7(10(12,13)14)6(3-5)9(16)17/h1-3H,4H2,(H,16,17). The van der Waals surface area contributed by atoms with Crippen LogP contribution in [0.5, 0.6) is 0 Å². The summed E-state index contributed by atoms with van der Waals surface area (Å²) in [4.78, 5) is 21.9. The van der Waals surface area contributed by atoms with Gasteiger partial charge in [0.1, 0.15) is 0 Å². The Morgan fingerprint density at radius 2 is 1.88 bits per heavy atom. The summed E-state index contributed by atoms with van der Waals surface area (Å²) in [6.07, 6.45) is -4.76.